The normalized spacial score (nSPS) is 21.1. The molecule has 1 N–H and O–H groups in total. The van der Waals surface area contributed by atoms with Crippen molar-refractivity contribution in [3.8, 4) is 16.9 Å². The van der Waals surface area contributed by atoms with E-state index in [1.165, 1.54) is 19.3 Å². The number of hydrogen-bond acceptors (Lipinski definition) is 3. The zero-order chi connectivity index (χ0) is 23.7. The lowest BCUT2D eigenvalue weighted by molar-refractivity contribution is -0.133. The van der Waals surface area contributed by atoms with E-state index in [1.807, 2.05) is 24.3 Å². The van der Waals surface area contributed by atoms with Crippen molar-refractivity contribution in [3.63, 3.8) is 0 Å². The van der Waals surface area contributed by atoms with Crippen LogP contribution in [0.2, 0.25) is 10.0 Å². The Balaban J connectivity index is 1.24. The van der Waals surface area contributed by atoms with Gasteiger partial charge in [-0.15, -0.1) is 0 Å². The second-order valence-electron chi connectivity index (χ2n) is 9.76. The number of likely N-dealkylation sites (tertiary alicyclic amines) is 1. The molecule has 2 amide bonds. The largest absolute Gasteiger partial charge is 0.412 e. The van der Waals surface area contributed by atoms with Gasteiger partial charge in [0.1, 0.15) is 5.75 Å². The maximum absolute atomic E-state index is 13.1. The summed E-state index contributed by atoms with van der Waals surface area (Å²) in [5, 5.41) is 3.96. The summed E-state index contributed by atoms with van der Waals surface area (Å²) >= 11 is 13.3. The average Bonchev–Trinajstić information content (AvgIpc) is 3.57. The number of nitrogens with zero attached hydrogens (tertiary/aromatic N) is 1. The van der Waals surface area contributed by atoms with Crippen LogP contribution in [-0.2, 0) is 11.2 Å². The van der Waals surface area contributed by atoms with Crippen molar-refractivity contribution in [3.05, 3.63) is 52.0 Å². The van der Waals surface area contributed by atoms with Gasteiger partial charge in [-0.05, 0) is 79.5 Å². The van der Waals surface area contributed by atoms with E-state index >= 15 is 0 Å². The molecule has 2 aromatic rings. The van der Waals surface area contributed by atoms with Gasteiger partial charge in [0.25, 0.3) is 0 Å². The van der Waals surface area contributed by atoms with E-state index in [0.717, 1.165) is 55.3 Å². The molecule has 1 aliphatic heterocycles. The number of benzene rings is 2. The highest BCUT2D eigenvalue weighted by atomic mass is 35.5. The van der Waals surface area contributed by atoms with Gasteiger partial charge in [0.2, 0.25) is 5.91 Å². The highest BCUT2D eigenvalue weighted by Crippen LogP contribution is 2.37. The first-order valence-electron chi connectivity index (χ1n) is 12.3. The van der Waals surface area contributed by atoms with Gasteiger partial charge in [-0.25, -0.2) is 4.79 Å². The Labute approximate surface area is 210 Å². The van der Waals surface area contributed by atoms with E-state index in [1.54, 1.807) is 12.1 Å². The van der Waals surface area contributed by atoms with Crippen LogP contribution in [0.1, 0.15) is 56.9 Å². The minimum Gasteiger partial charge on any atom is -0.410 e. The standard InChI is InChI=1S/C27H30Cl2N2O3/c28-24-15-19(17-6-10-22(11-7-17)34-27(33)30-20-8-9-20)16-25(29)23(24)14-18-12-13-31(26(18)32)21-4-2-1-3-5-21/h6-7,10-11,15-16,18,20-21H,1-5,8-9,12-14H2,(H,30,33). The van der Waals surface area contributed by atoms with E-state index in [4.69, 9.17) is 27.9 Å². The van der Waals surface area contributed by atoms with Crippen molar-refractivity contribution >= 4 is 35.2 Å². The van der Waals surface area contributed by atoms with E-state index in [-0.39, 0.29) is 17.9 Å². The molecule has 3 aliphatic rings. The van der Waals surface area contributed by atoms with E-state index in [9.17, 15) is 9.59 Å². The maximum atomic E-state index is 13.1. The molecule has 0 spiro atoms. The molecule has 1 unspecified atom stereocenters. The number of hydrogen-bond donors (Lipinski definition) is 1. The highest BCUT2D eigenvalue weighted by Gasteiger charge is 2.36. The van der Waals surface area contributed by atoms with Crippen molar-refractivity contribution in [1.29, 1.82) is 0 Å². The summed E-state index contributed by atoms with van der Waals surface area (Å²) in [5.74, 6) is 0.684. The molecule has 1 heterocycles. The summed E-state index contributed by atoms with van der Waals surface area (Å²) < 4.78 is 5.32. The van der Waals surface area contributed by atoms with Gasteiger partial charge in [0, 0.05) is 34.6 Å². The number of rotatable bonds is 6. The lowest BCUT2D eigenvalue weighted by Gasteiger charge is -2.31. The zero-order valence-corrected chi connectivity index (χ0v) is 20.7. The van der Waals surface area contributed by atoms with Crippen molar-refractivity contribution in [1.82, 2.24) is 10.2 Å². The third kappa shape index (κ3) is 5.36. The van der Waals surface area contributed by atoms with Crippen molar-refractivity contribution < 1.29 is 14.3 Å². The summed E-state index contributed by atoms with van der Waals surface area (Å²) in [4.78, 5) is 27.0. The summed E-state index contributed by atoms with van der Waals surface area (Å²) in [6.45, 7) is 0.842. The van der Waals surface area contributed by atoms with Gasteiger partial charge >= 0.3 is 6.09 Å². The molecular weight excluding hydrogens is 471 g/mol. The second kappa shape index (κ2) is 10.2. The monoisotopic (exact) mass is 500 g/mol. The third-order valence-corrected chi connectivity index (χ3v) is 7.93. The number of carbonyl (C=O) groups is 2. The lowest BCUT2D eigenvalue weighted by atomic mass is 9.93. The quantitative estimate of drug-likeness (QED) is 0.483. The number of ether oxygens (including phenoxy) is 1. The third-order valence-electron chi connectivity index (χ3n) is 7.26. The zero-order valence-electron chi connectivity index (χ0n) is 19.2. The second-order valence-corrected chi connectivity index (χ2v) is 10.6. The fourth-order valence-electron chi connectivity index (χ4n) is 5.17. The fourth-order valence-corrected chi connectivity index (χ4v) is 5.81. The molecule has 5 rings (SSSR count). The van der Waals surface area contributed by atoms with Crippen LogP contribution in [0.5, 0.6) is 5.75 Å². The Morgan fingerprint density at radius 3 is 2.26 bits per heavy atom. The van der Waals surface area contributed by atoms with Crippen molar-refractivity contribution in [2.24, 2.45) is 5.92 Å². The van der Waals surface area contributed by atoms with Crippen LogP contribution in [0.15, 0.2) is 36.4 Å². The Morgan fingerprint density at radius 1 is 0.941 bits per heavy atom. The smallest absolute Gasteiger partial charge is 0.410 e. The molecule has 34 heavy (non-hydrogen) atoms. The average molecular weight is 501 g/mol. The SMILES string of the molecule is O=C(NC1CC1)Oc1ccc(-c2cc(Cl)c(CC3CCN(C4CCCCC4)C3=O)c(Cl)c2)cc1. The molecule has 2 aliphatic carbocycles. The van der Waals surface area contributed by atoms with Crippen LogP contribution < -0.4 is 10.1 Å². The van der Waals surface area contributed by atoms with Crippen LogP contribution in [-0.4, -0.2) is 35.5 Å². The Morgan fingerprint density at radius 2 is 1.62 bits per heavy atom. The predicted molar refractivity (Wildman–Crippen MR) is 134 cm³/mol. The summed E-state index contributed by atoms with van der Waals surface area (Å²) in [6, 6.07) is 11.7. The summed E-state index contributed by atoms with van der Waals surface area (Å²) in [7, 11) is 0. The van der Waals surface area contributed by atoms with E-state index in [2.05, 4.69) is 10.2 Å². The lowest BCUT2D eigenvalue weighted by Crippen LogP contribution is -2.39. The maximum Gasteiger partial charge on any atom is 0.412 e. The van der Waals surface area contributed by atoms with E-state index in [0.29, 0.717) is 28.3 Å². The molecule has 0 bridgehead atoms. The topological polar surface area (TPSA) is 58.6 Å². The van der Waals surface area contributed by atoms with Crippen LogP contribution in [0, 0.1) is 5.92 Å². The highest BCUT2D eigenvalue weighted by molar-refractivity contribution is 6.36. The molecule has 0 radical (unpaired) electrons. The molecule has 1 atom stereocenters. The molecule has 3 fully saturated rings. The minimum atomic E-state index is -0.422. The van der Waals surface area contributed by atoms with E-state index < -0.39 is 6.09 Å². The van der Waals surface area contributed by atoms with Crippen molar-refractivity contribution in [2.75, 3.05) is 6.54 Å². The molecule has 2 saturated carbocycles. The van der Waals surface area contributed by atoms with Crippen LogP contribution >= 0.6 is 23.2 Å². The number of carbonyl (C=O) groups excluding carboxylic acids is 2. The first kappa shape index (κ1) is 23.5. The molecule has 0 aromatic heterocycles. The number of halogens is 2. The number of amides is 2. The van der Waals surface area contributed by atoms with Crippen LogP contribution in [0.4, 0.5) is 4.79 Å². The Bertz CT molecular complexity index is 1040. The predicted octanol–water partition coefficient (Wildman–Crippen LogP) is 6.63. The van der Waals surface area contributed by atoms with Crippen LogP contribution in [0.3, 0.4) is 0 Å². The molecular formula is C27H30Cl2N2O3. The molecule has 180 valence electrons. The summed E-state index contributed by atoms with van der Waals surface area (Å²) in [5.41, 5.74) is 2.65. The summed E-state index contributed by atoms with van der Waals surface area (Å²) in [6.07, 6.45) is 9.02. The van der Waals surface area contributed by atoms with Gasteiger partial charge in [0.15, 0.2) is 0 Å². The minimum absolute atomic E-state index is 0.0546. The van der Waals surface area contributed by atoms with Crippen LogP contribution in [0.25, 0.3) is 11.1 Å². The Kier molecular flexibility index (Phi) is 7.03. The molecule has 2 aromatic carbocycles. The first-order chi connectivity index (χ1) is 16.5. The van der Waals surface area contributed by atoms with Gasteiger partial charge < -0.3 is 15.0 Å². The fraction of sp³-hybridized carbons (Fsp3) is 0.481. The first-order valence-corrected chi connectivity index (χ1v) is 13.1. The van der Waals surface area contributed by atoms with Gasteiger partial charge in [-0.2, -0.15) is 0 Å². The van der Waals surface area contributed by atoms with Gasteiger partial charge in [-0.1, -0.05) is 54.6 Å². The van der Waals surface area contributed by atoms with Gasteiger partial charge in [0.05, 0.1) is 0 Å². The Hall–Kier alpha value is -2.24. The van der Waals surface area contributed by atoms with Crippen molar-refractivity contribution in [2.45, 2.75) is 69.9 Å². The molecule has 1 saturated heterocycles. The number of nitrogens with one attached hydrogen (secondary N) is 1. The molecule has 5 nitrogen and oxygen atoms in total. The molecule has 7 heteroatoms. The van der Waals surface area contributed by atoms with Gasteiger partial charge in [-0.3, -0.25) is 4.79 Å².